The number of nitrogens with one attached hydrogen (secondary N) is 2. The fourth-order valence-corrected chi connectivity index (χ4v) is 1.91. The number of rotatable bonds is 5. The van der Waals surface area contributed by atoms with Crippen molar-refractivity contribution in [2.24, 2.45) is 0 Å². The van der Waals surface area contributed by atoms with Gasteiger partial charge in [0.1, 0.15) is 5.78 Å². The van der Waals surface area contributed by atoms with E-state index < -0.39 is 0 Å². The molecule has 0 aliphatic rings. The second kappa shape index (κ2) is 5.15. The molecule has 1 unspecified atom stereocenters. The number of aromatic amines is 1. The molecule has 1 atom stereocenters. The lowest BCUT2D eigenvalue weighted by Crippen LogP contribution is -2.33. The van der Waals surface area contributed by atoms with Crippen LogP contribution in [-0.4, -0.2) is 23.4 Å². The zero-order valence-corrected chi connectivity index (χ0v) is 10.3. The van der Waals surface area contributed by atoms with Crippen LogP contribution in [0.5, 0.6) is 0 Å². The zero-order valence-electron chi connectivity index (χ0n) is 10.3. The Morgan fingerprint density at radius 2 is 2.18 bits per heavy atom. The fraction of sp³-hybridized carbons (Fsp3) is 0.357. The van der Waals surface area contributed by atoms with E-state index in [1.54, 1.807) is 6.92 Å². The summed E-state index contributed by atoms with van der Waals surface area (Å²) in [5.41, 5.74) is 2.46. The molecule has 0 bridgehead atoms. The molecule has 0 fully saturated rings. The Balaban J connectivity index is 1.98. The first-order chi connectivity index (χ1) is 8.18. The van der Waals surface area contributed by atoms with Crippen LogP contribution in [-0.2, 0) is 11.2 Å². The van der Waals surface area contributed by atoms with Crippen LogP contribution in [0.3, 0.4) is 0 Å². The third kappa shape index (κ3) is 2.74. The smallest absolute Gasteiger partial charge is 0.146 e. The second-order valence-corrected chi connectivity index (χ2v) is 4.40. The summed E-state index contributed by atoms with van der Waals surface area (Å²) in [4.78, 5) is 14.3. The molecule has 2 aromatic rings. The van der Waals surface area contributed by atoms with Gasteiger partial charge in [0.25, 0.3) is 0 Å². The minimum absolute atomic E-state index is 0.0554. The normalized spacial score (nSPS) is 12.8. The monoisotopic (exact) mass is 230 g/mol. The Morgan fingerprint density at radius 1 is 1.41 bits per heavy atom. The largest absolute Gasteiger partial charge is 0.361 e. The Kier molecular flexibility index (Phi) is 3.59. The van der Waals surface area contributed by atoms with Gasteiger partial charge in [0.15, 0.2) is 0 Å². The number of para-hydroxylation sites is 1. The SMILES string of the molecule is CC(=O)C(C)NCCc1c[nH]c2ccccc12. The minimum Gasteiger partial charge on any atom is -0.361 e. The number of hydrogen-bond acceptors (Lipinski definition) is 2. The lowest BCUT2D eigenvalue weighted by Gasteiger charge is -2.09. The topological polar surface area (TPSA) is 44.9 Å². The van der Waals surface area contributed by atoms with E-state index in [0.29, 0.717) is 0 Å². The van der Waals surface area contributed by atoms with Crippen molar-refractivity contribution in [1.29, 1.82) is 0 Å². The number of benzene rings is 1. The third-order valence-corrected chi connectivity index (χ3v) is 3.13. The third-order valence-electron chi connectivity index (χ3n) is 3.13. The standard InChI is InChI=1S/C14H18N2O/c1-10(11(2)17)15-8-7-12-9-16-14-6-4-3-5-13(12)14/h3-6,9-10,15-16H,7-8H2,1-2H3. The lowest BCUT2D eigenvalue weighted by atomic mass is 10.1. The number of carbonyl (C=O) groups excluding carboxylic acids is 1. The van der Waals surface area contributed by atoms with Crippen LogP contribution < -0.4 is 5.32 Å². The summed E-state index contributed by atoms with van der Waals surface area (Å²) >= 11 is 0. The van der Waals surface area contributed by atoms with E-state index in [1.807, 2.05) is 25.3 Å². The highest BCUT2D eigenvalue weighted by molar-refractivity contribution is 5.83. The van der Waals surface area contributed by atoms with Gasteiger partial charge in [-0.1, -0.05) is 18.2 Å². The van der Waals surface area contributed by atoms with Gasteiger partial charge in [-0.2, -0.15) is 0 Å². The molecule has 2 N–H and O–H groups in total. The Bertz CT molecular complexity index is 516. The highest BCUT2D eigenvalue weighted by atomic mass is 16.1. The van der Waals surface area contributed by atoms with Gasteiger partial charge in [-0.25, -0.2) is 0 Å². The van der Waals surface area contributed by atoms with E-state index in [-0.39, 0.29) is 11.8 Å². The maximum absolute atomic E-state index is 11.1. The first-order valence-electron chi connectivity index (χ1n) is 5.97. The van der Waals surface area contributed by atoms with E-state index in [9.17, 15) is 4.79 Å². The van der Waals surface area contributed by atoms with Crippen LogP contribution >= 0.6 is 0 Å². The van der Waals surface area contributed by atoms with E-state index in [1.165, 1.54) is 16.5 Å². The molecular weight excluding hydrogens is 212 g/mol. The summed E-state index contributed by atoms with van der Waals surface area (Å²) < 4.78 is 0. The molecule has 1 aromatic carbocycles. The average Bonchev–Trinajstić information content (AvgIpc) is 2.72. The molecule has 0 radical (unpaired) electrons. The molecule has 3 nitrogen and oxygen atoms in total. The molecule has 0 saturated heterocycles. The van der Waals surface area contributed by atoms with Crippen molar-refractivity contribution in [3.05, 3.63) is 36.0 Å². The van der Waals surface area contributed by atoms with Gasteiger partial charge < -0.3 is 10.3 Å². The van der Waals surface area contributed by atoms with Crippen LogP contribution in [0.1, 0.15) is 19.4 Å². The molecule has 2 rings (SSSR count). The van der Waals surface area contributed by atoms with E-state index in [0.717, 1.165) is 13.0 Å². The van der Waals surface area contributed by atoms with Gasteiger partial charge in [0.2, 0.25) is 0 Å². The van der Waals surface area contributed by atoms with Gasteiger partial charge in [-0.15, -0.1) is 0 Å². The van der Waals surface area contributed by atoms with Gasteiger partial charge >= 0.3 is 0 Å². The summed E-state index contributed by atoms with van der Waals surface area (Å²) in [6.07, 6.45) is 2.98. The van der Waals surface area contributed by atoms with Crippen molar-refractivity contribution in [1.82, 2.24) is 10.3 Å². The Hall–Kier alpha value is -1.61. The summed E-state index contributed by atoms with van der Waals surface area (Å²) in [6.45, 7) is 4.34. The van der Waals surface area contributed by atoms with E-state index in [2.05, 4.69) is 22.4 Å². The first-order valence-corrected chi connectivity index (χ1v) is 5.97. The highest BCUT2D eigenvalue weighted by Gasteiger charge is 2.07. The van der Waals surface area contributed by atoms with Crippen molar-refractivity contribution in [3.63, 3.8) is 0 Å². The molecule has 17 heavy (non-hydrogen) atoms. The molecule has 0 saturated carbocycles. The molecular formula is C14H18N2O. The average molecular weight is 230 g/mol. The number of H-pyrrole nitrogens is 1. The lowest BCUT2D eigenvalue weighted by molar-refractivity contribution is -0.118. The number of hydrogen-bond donors (Lipinski definition) is 2. The second-order valence-electron chi connectivity index (χ2n) is 4.40. The minimum atomic E-state index is -0.0554. The summed E-state index contributed by atoms with van der Waals surface area (Å²) in [5, 5.41) is 4.49. The van der Waals surface area contributed by atoms with Gasteiger partial charge in [0, 0.05) is 17.1 Å². The Labute approximate surface area is 101 Å². The highest BCUT2D eigenvalue weighted by Crippen LogP contribution is 2.17. The quantitative estimate of drug-likeness (QED) is 0.827. The maximum Gasteiger partial charge on any atom is 0.146 e. The number of aromatic nitrogens is 1. The Morgan fingerprint density at radius 3 is 2.94 bits per heavy atom. The van der Waals surface area contributed by atoms with E-state index >= 15 is 0 Å². The number of Topliss-reactive ketones (excluding diaryl/α,β-unsaturated/α-hetero) is 1. The molecule has 3 heteroatoms. The fourth-order valence-electron chi connectivity index (χ4n) is 1.91. The van der Waals surface area contributed by atoms with Crippen molar-refractivity contribution >= 4 is 16.7 Å². The summed E-state index contributed by atoms with van der Waals surface area (Å²) in [6, 6.07) is 8.21. The van der Waals surface area contributed by atoms with E-state index in [4.69, 9.17) is 0 Å². The predicted molar refractivity (Wildman–Crippen MR) is 70.1 cm³/mol. The van der Waals surface area contributed by atoms with Crippen LogP contribution in [0, 0.1) is 0 Å². The van der Waals surface area contributed by atoms with Gasteiger partial charge in [0.05, 0.1) is 6.04 Å². The van der Waals surface area contributed by atoms with Gasteiger partial charge in [-0.05, 0) is 38.4 Å². The number of ketones is 1. The molecule has 1 aromatic heterocycles. The van der Waals surface area contributed by atoms with Crippen LogP contribution in [0.4, 0.5) is 0 Å². The maximum atomic E-state index is 11.1. The van der Waals surface area contributed by atoms with Crippen molar-refractivity contribution in [2.75, 3.05) is 6.54 Å². The van der Waals surface area contributed by atoms with Gasteiger partial charge in [-0.3, -0.25) is 4.79 Å². The zero-order chi connectivity index (χ0) is 12.3. The van der Waals surface area contributed by atoms with Crippen LogP contribution in [0.25, 0.3) is 10.9 Å². The molecule has 0 aliphatic heterocycles. The molecule has 0 amide bonds. The van der Waals surface area contributed by atoms with Crippen molar-refractivity contribution in [3.8, 4) is 0 Å². The molecule has 0 spiro atoms. The number of carbonyl (C=O) groups is 1. The molecule has 90 valence electrons. The molecule has 1 heterocycles. The summed E-state index contributed by atoms with van der Waals surface area (Å²) in [5.74, 6) is 0.184. The summed E-state index contributed by atoms with van der Waals surface area (Å²) in [7, 11) is 0. The molecule has 0 aliphatic carbocycles. The van der Waals surface area contributed by atoms with Crippen LogP contribution in [0.15, 0.2) is 30.5 Å². The van der Waals surface area contributed by atoms with Crippen molar-refractivity contribution in [2.45, 2.75) is 26.3 Å². The van der Waals surface area contributed by atoms with Crippen LogP contribution in [0.2, 0.25) is 0 Å². The predicted octanol–water partition coefficient (Wildman–Crippen LogP) is 2.28. The first kappa shape index (κ1) is 11.9. The van der Waals surface area contributed by atoms with Crippen molar-refractivity contribution < 1.29 is 4.79 Å². The number of fused-ring (bicyclic) bond motifs is 1.